The van der Waals surface area contributed by atoms with E-state index in [1.165, 1.54) is 187 Å². The zero-order chi connectivity index (χ0) is 26.9. The molecule has 0 aromatic carbocycles. The van der Waals surface area contributed by atoms with Crippen molar-refractivity contribution in [3.8, 4) is 0 Å². The van der Waals surface area contributed by atoms with E-state index >= 15 is 0 Å². The lowest BCUT2D eigenvalue weighted by atomic mass is 10.0. The van der Waals surface area contributed by atoms with Gasteiger partial charge in [0.25, 0.3) is 0 Å². The summed E-state index contributed by atoms with van der Waals surface area (Å²) in [5.74, 6) is 0. The first-order valence-electron chi connectivity index (χ1n) is 17.3. The van der Waals surface area contributed by atoms with Gasteiger partial charge in [-0.1, -0.05) is 155 Å². The minimum atomic E-state index is 0.361. The smallest absolute Gasteiger partial charge is 0.0431 e. The van der Waals surface area contributed by atoms with Crippen molar-refractivity contribution in [3.63, 3.8) is 0 Å². The maximum Gasteiger partial charge on any atom is 0.0431 e. The van der Waals surface area contributed by atoms with Gasteiger partial charge in [0.2, 0.25) is 0 Å². The molecule has 224 valence electrons. The Morgan fingerprint density at radius 2 is 0.514 bits per heavy atom. The third-order valence-electron chi connectivity index (χ3n) is 8.09. The monoisotopic (exact) mass is 526 g/mol. The van der Waals surface area contributed by atoms with Crippen molar-refractivity contribution in [1.82, 2.24) is 4.90 Å². The van der Waals surface area contributed by atoms with Crippen LogP contribution in [0.4, 0.5) is 0 Å². The van der Waals surface area contributed by atoms with Crippen molar-refractivity contribution < 1.29 is 10.2 Å². The lowest BCUT2D eigenvalue weighted by Crippen LogP contribution is -2.27. The largest absolute Gasteiger partial charge is 0.396 e. The van der Waals surface area contributed by atoms with Crippen LogP contribution in [0, 0.1) is 0 Å². The van der Waals surface area contributed by atoms with E-state index in [4.69, 9.17) is 10.2 Å². The highest BCUT2D eigenvalue weighted by Gasteiger charge is 2.05. The molecule has 37 heavy (non-hydrogen) atoms. The van der Waals surface area contributed by atoms with Crippen molar-refractivity contribution in [2.75, 3.05) is 32.8 Å². The van der Waals surface area contributed by atoms with Crippen molar-refractivity contribution in [2.45, 2.75) is 187 Å². The van der Waals surface area contributed by atoms with E-state index in [1.54, 1.807) is 0 Å². The number of nitrogens with zero attached hydrogens (tertiary/aromatic N) is 1. The lowest BCUT2D eigenvalue weighted by Gasteiger charge is -2.22. The van der Waals surface area contributed by atoms with Gasteiger partial charge in [0.1, 0.15) is 0 Å². The standard InChI is InChI=1S/C34H71NO2/c1-2-3-4-5-6-7-8-9-10-15-20-25-30-35(31-26-21-16-11-13-18-23-28-33-36)32-27-22-17-12-14-19-24-29-34-37/h36-37H,2-34H2,1H3. The molecule has 0 unspecified atom stereocenters. The Morgan fingerprint density at radius 1 is 0.297 bits per heavy atom. The third-order valence-corrected chi connectivity index (χ3v) is 8.09. The topological polar surface area (TPSA) is 43.7 Å². The highest BCUT2D eigenvalue weighted by Crippen LogP contribution is 2.14. The average Bonchev–Trinajstić information content (AvgIpc) is 2.91. The van der Waals surface area contributed by atoms with Crippen molar-refractivity contribution in [3.05, 3.63) is 0 Å². The molecule has 0 aliphatic carbocycles. The van der Waals surface area contributed by atoms with Crippen molar-refractivity contribution >= 4 is 0 Å². The summed E-state index contributed by atoms with van der Waals surface area (Å²) < 4.78 is 0. The van der Waals surface area contributed by atoms with Crippen LogP contribution in [0.25, 0.3) is 0 Å². The molecule has 0 saturated heterocycles. The lowest BCUT2D eigenvalue weighted by molar-refractivity contribution is 0.253. The zero-order valence-corrected chi connectivity index (χ0v) is 25.7. The van der Waals surface area contributed by atoms with Gasteiger partial charge >= 0.3 is 0 Å². The first kappa shape index (κ1) is 36.9. The molecule has 0 fully saturated rings. The number of aliphatic hydroxyl groups is 2. The van der Waals surface area contributed by atoms with Gasteiger partial charge in [0, 0.05) is 13.2 Å². The second-order valence-electron chi connectivity index (χ2n) is 11.8. The van der Waals surface area contributed by atoms with E-state index in [9.17, 15) is 0 Å². The molecule has 0 aliphatic heterocycles. The summed E-state index contributed by atoms with van der Waals surface area (Å²) in [6.45, 7) is 6.96. The Morgan fingerprint density at radius 3 is 0.757 bits per heavy atom. The number of rotatable bonds is 33. The van der Waals surface area contributed by atoms with Gasteiger partial charge in [-0.05, 0) is 51.7 Å². The molecule has 0 aliphatic rings. The number of hydrogen-bond donors (Lipinski definition) is 2. The summed E-state index contributed by atoms with van der Waals surface area (Å²) in [4.78, 5) is 2.79. The minimum Gasteiger partial charge on any atom is -0.396 e. The SMILES string of the molecule is CCCCCCCCCCCCCCN(CCCCCCCCCCO)CCCCCCCCCCO. The molecule has 0 atom stereocenters. The van der Waals surface area contributed by atoms with Crippen LogP contribution < -0.4 is 0 Å². The van der Waals surface area contributed by atoms with E-state index in [-0.39, 0.29) is 0 Å². The molecule has 2 N–H and O–H groups in total. The van der Waals surface area contributed by atoms with Crippen molar-refractivity contribution in [1.29, 1.82) is 0 Å². The van der Waals surface area contributed by atoms with Gasteiger partial charge in [0.15, 0.2) is 0 Å². The van der Waals surface area contributed by atoms with Crippen LogP contribution in [0.3, 0.4) is 0 Å². The van der Waals surface area contributed by atoms with Crippen LogP contribution in [0.2, 0.25) is 0 Å². The predicted molar refractivity (Wildman–Crippen MR) is 166 cm³/mol. The Hall–Kier alpha value is -0.120. The third kappa shape index (κ3) is 32.0. The second-order valence-corrected chi connectivity index (χ2v) is 11.8. The fourth-order valence-electron chi connectivity index (χ4n) is 5.53. The summed E-state index contributed by atoms with van der Waals surface area (Å²) in [5, 5.41) is 17.8. The molecule has 0 amide bonds. The quantitative estimate of drug-likeness (QED) is 0.0837. The highest BCUT2D eigenvalue weighted by atomic mass is 16.3. The molecule has 0 aromatic heterocycles. The Kier molecular flexibility index (Phi) is 33.8. The van der Waals surface area contributed by atoms with Gasteiger partial charge < -0.3 is 15.1 Å². The van der Waals surface area contributed by atoms with Crippen LogP contribution in [-0.4, -0.2) is 48.0 Å². The minimum absolute atomic E-state index is 0.361. The Labute approximate surface area is 234 Å². The molecular formula is C34H71NO2. The molecule has 3 nitrogen and oxygen atoms in total. The van der Waals surface area contributed by atoms with Gasteiger partial charge in [-0.2, -0.15) is 0 Å². The molecule has 0 bridgehead atoms. The van der Waals surface area contributed by atoms with Crippen LogP contribution in [0.15, 0.2) is 0 Å². The van der Waals surface area contributed by atoms with Crippen LogP contribution in [0.1, 0.15) is 187 Å². The number of hydrogen-bond acceptors (Lipinski definition) is 3. The molecule has 0 aromatic rings. The summed E-state index contributed by atoms with van der Waals surface area (Å²) in [6.07, 6.45) is 38.0. The fraction of sp³-hybridized carbons (Fsp3) is 1.00. The molecule has 0 rings (SSSR count). The first-order valence-corrected chi connectivity index (χ1v) is 17.3. The van der Waals surface area contributed by atoms with E-state index < -0.39 is 0 Å². The fourth-order valence-corrected chi connectivity index (χ4v) is 5.53. The zero-order valence-electron chi connectivity index (χ0n) is 25.7. The predicted octanol–water partition coefficient (Wildman–Crippen LogP) is 10.2. The maximum atomic E-state index is 8.89. The molecule has 0 heterocycles. The normalized spacial score (nSPS) is 11.7. The molecule has 0 radical (unpaired) electrons. The van der Waals surface area contributed by atoms with Crippen molar-refractivity contribution in [2.24, 2.45) is 0 Å². The Balaban J connectivity index is 3.85. The molecule has 0 saturated carbocycles. The second kappa shape index (κ2) is 33.9. The summed E-state index contributed by atoms with van der Waals surface area (Å²) in [5.41, 5.74) is 0. The maximum absolute atomic E-state index is 8.89. The molecule has 0 spiro atoms. The number of unbranched alkanes of at least 4 members (excludes halogenated alkanes) is 25. The first-order chi connectivity index (χ1) is 18.3. The van der Waals surface area contributed by atoms with Crippen LogP contribution >= 0.6 is 0 Å². The summed E-state index contributed by atoms with van der Waals surface area (Å²) in [6, 6.07) is 0. The van der Waals surface area contributed by atoms with Gasteiger partial charge in [0.05, 0.1) is 0 Å². The summed E-state index contributed by atoms with van der Waals surface area (Å²) >= 11 is 0. The van der Waals surface area contributed by atoms with Crippen LogP contribution in [0.5, 0.6) is 0 Å². The van der Waals surface area contributed by atoms with Gasteiger partial charge in [-0.3, -0.25) is 0 Å². The van der Waals surface area contributed by atoms with E-state index in [0.29, 0.717) is 13.2 Å². The molecule has 3 heteroatoms. The van der Waals surface area contributed by atoms with Gasteiger partial charge in [-0.15, -0.1) is 0 Å². The summed E-state index contributed by atoms with van der Waals surface area (Å²) in [7, 11) is 0. The highest BCUT2D eigenvalue weighted by molar-refractivity contribution is 4.61. The van der Waals surface area contributed by atoms with Gasteiger partial charge in [-0.25, -0.2) is 0 Å². The van der Waals surface area contributed by atoms with E-state index in [0.717, 1.165) is 12.8 Å². The van der Waals surface area contributed by atoms with E-state index in [1.807, 2.05) is 0 Å². The Bertz CT molecular complexity index is 368. The number of aliphatic hydroxyl groups excluding tert-OH is 2. The van der Waals surface area contributed by atoms with Crippen LogP contribution in [-0.2, 0) is 0 Å². The van der Waals surface area contributed by atoms with E-state index in [2.05, 4.69) is 11.8 Å². The molecular weight excluding hydrogens is 454 g/mol. The average molecular weight is 526 g/mol.